The number of primary amides is 1. The van der Waals surface area contributed by atoms with Crippen LogP contribution in [0, 0.1) is 20.8 Å². The van der Waals surface area contributed by atoms with Gasteiger partial charge >= 0.3 is 6.09 Å². The lowest BCUT2D eigenvalue weighted by Gasteiger charge is -2.34. The fraction of sp³-hybridized carbons (Fsp3) is 0.429. The molecule has 11 nitrogen and oxygen atoms in total. The first-order valence-corrected chi connectivity index (χ1v) is 12.5. The maximum atomic E-state index is 13.9. The van der Waals surface area contributed by atoms with Crippen LogP contribution in [0.5, 0.6) is 5.75 Å². The van der Waals surface area contributed by atoms with E-state index < -0.39 is 54.5 Å². The zero-order valence-electron chi connectivity index (χ0n) is 23.2. The topological polar surface area (TPSA) is 171 Å². The van der Waals surface area contributed by atoms with Gasteiger partial charge in [0.05, 0.1) is 13.0 Å². The van der Waals surface area contributed by atoms with Crippen molar-refractivity contribution in [1.82, 2.24) is 10.2 Å². The van der Waals surface area contributed by atoms with Crippen molar-refractivity contribution in [3.63, 3.8) is 0 Å². The monoisotopic (exact) mass is 542 g/mol. The van der Waals surface area contributed by atoms with E-state index in [1.165, 1.54) is 6.07 Å². The molecule has 4 amide bonds. The Balaban J connectivity index is 2.61. The Bertz CT molecular complexity index is 1200. The van der Waals surface area contributed by atoms with Gasteiger partial charge in [-0.1, -0.05) is 36.4 Å². The summed E-state index contributed by atoms with van der Waals surface area (Å²) in [5.74, 6) is -2.66. The van der Waals surface area contributed by atoms with E-state index in [4.69, 9.17) is 10.5 Å². The molecule has 0 aliphatic heterocycles. The lowest BCUT2D eigenvalue weighted by atomic mass is 9.98. The Labute approximate surface area is 228 Å². The Morgan fingerprint density at radius 3 is 2.10 bits per heavy atom. The normalized spacial score (nSPS) is 12.7. The Kier molecular flexibility index (Phi) is 10.4. The summed E-state index contributed by atoms with van der Waals surface area (Å²) in [4.78, 5) is 53.0. The minimum Gasteiger partial charge on any atom is -0.507 e. The van der Waals surface area contributed by atoms with Crippen LogP contribution in [0.1, 0.15) is 55.5 Å². The number of benzene rings is 2. The van der Waals surface area contributed by atoms with Gasteiger partial charge < -0.3 is 36.2 Å². The number of anilines is 1. The van der Waals surface area contributed by atoms with E-state index in [-0.39, 0.29) is 17.9 Å². The number of aliphatic hydroxyl groups is 1. The molecule has 39 heavy (non-hydrogen) atoms. The summed E-state index contributed by atoms with van der Waals surface area (Å²) in [5, 5.41) is 26.0. The predicted octanol–water partition coefficient (Wildman–Crippen LogP) is 2.59. The largest absolute Gasteiger partial charge is 0.507 e. The van der Waals surface area contributed by atoms with Gasteiger partial charge in [-0.3, -0.25) is 14.4 Å². The van der Waals surface area contributed by atoms with Gasteiger partial charge in [0, 0.05) is 17.8 Å². The average Bonchev–Trinajstić information content (AvgIpc) is 2.81. The van der Waals surface area contributed by atoms with E-state index in [1.54, 1.807) is 39.8 Å². The van der Waals surface area contributed by atoms with E-state index in [2.05, 4.69) is 10.6 Å². The van der Waals surface area contributed by atoms with E-state index in [0.717, 1.165) is 16.0 Å². The second-order valence-electron chi connectivity index (χ2n) is 10.3. The van der Waals surface area contributed by atoms with E-state index in [0.29, 0.717) is 11.3 Å². The molecule has 0 spiro atoms. The molecule has 0 radical (unpaired) electrons. The molecule has 0 fully saturated rings. The number of aromatic hydroxyl groups is 1. The van der Waals surface area contributed by atoms with Crippen LogP contribution in [0.15, 0.2) is 36.4 Å². The molecule has 2 unspecified atom stereocenters. The summed E-state index contributed by atoms with van der Waals surface area (Å²) in [5.41, 5.74) is 7.09. The highest BCUT2D eigenvalue weighted by Crippen LogP contribution is 2.33. The number of carbonyl (C=O) groups excluding carboxylic acids is 4. The van der Waals surface area contributed by atoms with Gasteiger partial charge in [0.2, 0.25) is 11.8 Å². The number of phenols is 1. The number of ether oxygens (including phenoxy) is 1. The molecule has 2 aromatic rings. The van der Waals surface area contributed by atoms with E-state index in [1.807, 2.05) is 32.0 Å². The molecule has 0 saturated heterocycles. The van der Waals surface area contributed by atoms with Gasteiger partial charge in [0.25, 0.3) is 5.91 Å². The highest BCUT2D eigenvalue weighted by Gasteiger charge is 2.38. The first-order valence-electron chi connectivity index (χ1n) is 12.5. The number of rotatable bonds is 10. The van der Waals surface area contributed by atoms with Crippen molar-refractivity contribution < 1.29 is 34.1 Å². The van der Waals surface area contributed by atoms with Crippen LogP contribution in [-0.2, 0) is 19.1 Å². The number of phenolic OH excluding ortho intramolecular Hbond substituents is 1. The first kappa shape index (κ1) is 31.1. The van der Waals surface area contributed by atoms with Crippen molar-refractivity contribution in [2.24, 2.45) is 5.73 Å². The molecule has 2 atom stereocenters. The second-order valence-corrected chi connectivity index (χ2v) is 10.3. The zero-order valence-corrected chi connectivity index (χ0v) is 23.2. The quantitative estimate of drug-likeness (QED) is 0.307. The molecule has 0 saturated carbocycles. The molecule has 2 rings (SSSR count). The fourth-order valence-corrected chi connectivity index (χ4v) is 4.08. The number of aryl methyl sites for hydroxylation is 3. The summed E-state index contributed by atoms with van der Waals surface area (Å²) in [6.07, 6.45) is -1.56. The van der Waals surface area contributed by atoms with E-state index in [9.17, 15) is 29.4 Å². The van der Waals surface area contributed by atoms with E-state index >= 15 is 0 Å². The lowest BCUT2D eigenvalue weighted by molar-refractivity contribution is -0.142. The number of para-hydroxylation sites is 2. The minimum atomic E-state index is -1.51. The number of hydrogen-bond acceptors (Lipinski definition) is 7. The molecule has 0 heterocycles. The maximum Gasteiger partial charge on any atom is 0.408 e. The van der Waals surface area contributed by atoms with Crippen molar-refractivity contribution in [2.45, 2.75) is 65.6 Å². The van der Waals surface area contributed by atoms with Crippen LogP contribution in [0.2, 0.25) is 0 Å². The van der Waals surface area contributed by atoms with Crippen molar-refractivity contribution in [2.75, 3.05) is 18.5 Å². The maximum absolute atomic E-state index is 13.9. The van der Waals surface area contributed by atoms with Crippen LogP contribution in [0.25, 0.3) is 0 Å². The second kappa shape index (κ2) is 13.1. The zero-order chi connectivity index (χ0) is 29.5. The van der Waals surface area contributed by atoms with Crippen molar-refractivity contribution in [1.29, 1.82) is 0 Å². The van der Waals surface area contributed by atoms with Gasteiger partial charge in [-0.15, -0.1) is 0 Å². The van der Waals surface area contributed by atoms with Crippen LogP contribution in [-0.4, -0.2) is 63.7 Å². The van der Waals surface area contributed by atoms with Crippen LogP contribution in [0.3, 0.4) is 0 Å². The smallest absolute Gasteiger partial charge is 0.408 e. The van der Waals surface area contributed by atoms with Gasteiger partial charge in [0.1, 0.15) is 23.4 Å². The summed E-state index contributed by atoms with van der Waals surface area (Å²) in [7, 11) is 0. The average molecular weight is 543 g/mol. The molecule has 212 valence electrons. The van der Waals surface area contributed by atoms with Gasteiger partial charge in [-0.25, -0.2) is 4.79 Å². The highest BCUT2D eigenvalue weighted by atomic mass is 16.6. The van der Waals surface area contributed by atoms with Gasteiger partial charge in [-0.05, 0) is 58.2 Å². The minimum absolute atomic E-state index is 0.0932. The molecule has 2 aromatic carbocycles. The van der Waals surface area contributed by atoms with Crippen LogP contribution >= 0.6 is 0 Å². The molecule has 0 aliphatic rings. The van der Waals surface area contributed by atoms with Crippen molar-refractivity contribution in [3.8, 4) is 5.75 Å². The summed E-state index contributed by atoms with van der Waals surface area (Å²) in [6.45, 7) is 9.23. The highest BCUT2D eigenvalue weighted by molar-refractivity contribution is 6.01. The van der Waals surface area contributed by atoms with Gasteiger partial charge in [-0.2, -0.15) is 0 Å². The Morgan fingerprint density at radius 2 is 1.56 bits per heavy atom. The molecule has 0 bridgehead atoms. The number of nitrogens with zero attached hydrogens (tertiary/aromatic N) is 1. The molecule has 0 aromatic heterocycles. The third kappa shape index (κ3) is 8.44. The number of nitrogens with two attached hydrogens (primary N) is 1. The molecule has 6 N–H and O–H groups in total. The Hall–Kier alpha value is -4.12. The first-order chi connectivity index (χ1) is 18.2. The van der Waals surface area contributed by atoms with Crippen molar-refractivity contribution >= 4 is 29.5 Å². The van der Waals surface area contributed by atoms with Crippen LogP contribution < -0.4 is 16.4 Å². The summed E-state index contributed by atoms with van der Waals surface area (Å²) >= 11 is 0. The Morgan fingerprint density at radius 1 is 1.00 bits per heavy atom. The number of alkyl carbamates (subject to hydrolysis) is 1. The van der Waals surface area contributed by atoms with Crippen LogP contribution in [0.4, 0.5) is 10.5 Å². The molecule has 11 heteroatoms. The molecular formula is C28H38N4O7. The number of nitrogens with one attached hydrogen (secondary N) is 2. The third-order valence-electron chi connectivity index (χ3n) is 5.87. The standard InChI is InChI=1S/C28H38N4O7/c1-16-9-7-10-17(2)22(16)31-25(36)23(19-12-8-11-18(3)24(19)35)32(13-14-33)26(37)20(15-21(29)34)30-27(38)39-28(4,5)6/h7-12,20,23,33,35H,13-15H2,1-6H3,(H2,29,34)(H,30,38)(H,31,36). The number of hydrogen-bond donors (Lipinski definition) is 5. The summed E-state index contributed by atoms with van der Waals surface area (Å²) in [6, 6.07) is 7.24. The number of carbonyl (C=O) groups is 4. The molecular weight excluding hydrogens is 504 g/mol. The SMILES string of the molecule is Cc1cccc(C(C(=O)Nc2c(C)cccc2C)N(CCO)C(=O)C(CC(N)=O)NC(=O)OC(C)(C)C)c1O. The third-order valence-corrected chi connectivity index (χ3v) is 5.87. The number of aliphatic hydroxyl groups excluding tert-OH is 1. The lowest BCUT2D eigenvalue weighted by Crippen LogP contribution is -2.54. The predicted molar refractivity (Wildman–Crippen MR) is 146 cm³/mol. The van der Waals surface area contributed by atoms with Crippen molar-refractivity contribution in [3.05, 3.63) is 58.7 Å². The number of amides is 4. The molecule has 0 aliphatic carbocycles. The fourth-order valence-electron chi connectivity index (χ4n) is 4.08. The summed E-state index contributed by atoms with van der Waals surface area (Å²) < 4.78 is 5.23. The van der Waals surface area contributed by atoms with Gasteiger partial charge in [0.15, 0.2) is 0 Å².